The highest BCUT2D eigenvalue weighted by atomic mass is 16.5. The van der Waals surface area contributed by atoms with Crippen molar-refractivity contribution in [1.29, 1.82) is 5.26 Å². The predicted octanol–water partition coefficient (Wildman–Crippen LogP) is 2.79. The molecule has 0 amide bonds. The predicted molar refractivity (Wildman–Crippen MR) is 68.9 cm³/mol. The van der Waals surface area contributed by atoms with Gasteiger partial charge in [-0.15, -0.1) is 0 Å². The van der Waals surface area contributed by atoms with E-state index >= 15 is 0 Å². The van der Waals surface area contributed by atoms with Gasteiger partial charge in [0.25, 0.3) is 0 Å². The average Bonchev–Trinajstić information content (AvgIpc) is 2.34. The van der Waals surface area contributed by atoms with E-state index in [1.165, 1.54) is 5.56 Å². The fraction of sp³-hybridized carbons (Fsp3) is 0.500. The van der Waals surface area contributed by atoms with E-state index < -0.39 is 0 Å². The molecule has 0 aliphatic carbocycles. The Labute approximate surface area is 103 Å². The van der Waals surface area contributed by atoms with Crippen LogP contribution in [0.5, 0.6) is 5.75 Å². The minimum absolute atomic E-state index is 0.550. The molecule has 3 nitrogen and oxygen atoms in total. The van der Waals surface area contributed by atoms with Crippen molar-refractivity contribution in [2.24, 2.45) is 0 Å². The molecule has 0 radical (unpaired) electrons. The van der Waals surface area contributed by atoms with E-state index in [0.717, 1.165) is 30.8 Å². The van der Waals surface area contributed by atoms with Gasteiger partial charge in [0.2, 0.25) is 0 Å². The van der Waals surface area contributed by atoms with E-state index in [4.69, 9.17) is 10.00 Å². The summed E-state index contributed by atoms with van der Waals surface area (Å²) in [5.41, 5.74) is 2.33. The highest BCUT2D eigenvalue weighted by Gasteiger charge is 2.06. The Morgan fingerprint density at radius 3 is 2.94 bits per heavy atom. The van der Waals surface area contributed by atoms with Crippen molar-refractivity contribution in [3.05, 3.63) is 29.3 Å². The second-order valence-electron chi connectivity index (χ2n) is 3.95. The first-order valence-corrected chi connectivity index (χ1v) is 6.08. The smallest absolute Gasteiger partial charge is 0.126 e. The summed E-state index contributed by atoms with van der Waals surface area (Å²) in [5, 5.41) is 11.8. The van der Waals surface area contributed by atoms with E-state index in [0.29, 0.717) is 13.0 Å². The van der Waals surface area contributed by atoms with E-state index in [1.54, 1.807) is 0 Å². The molecule has 0 aliphatic heterocycles. The van der Waals surface area contributed by atoms with Gasteiger partial charge in [0.05, 0.1) is 12.7 Å². The van der Waals surface area contributed by atoms with Crippen LogP contribution in [0.25, 0.3) is 0 Å². The minimum atomic E-state index is 0.550. The molecule has 0 unspecified atom stereocenters. The summed E-state index contributed by atoms with van der Waals surface area (Å²) in [6.45, 7) is 6.52. The Morgan fingerprint density at radius 2 is 2.24 bits per heavy atom. The summed E-state index contributed by atoms with van der Waals surface area (Å²) < 4.78 is 5.78. The molecule has 0 fully saturated rings. The molecule has 17 heavy (non-hydrogen) atoms. The van der Waals surface area contributed by atoms with Gasteiger partial charge in [0.1, 0.15) is 5.75 Å². The molecule has 1 rings (SSSR count). The largest absolute Gasteiger partial charge is 0.493 e. The normalized spacial score (nSPS) is 9.94. The molecule has 92 valence electrons. The summed E-state index contributed by atoms with van der Waals surface area (Å²) in [7, 11) is 0. The van der Waals surface area contributed by atoms with Crippen LogP contribution in [0.15, 0.2) is 18.2 Å². The van der Waals surface area contributed by atoms with Gasteiger partial charge in [-0.2, -0.15) is 5.26 Å². The van der Waals surface area contributed by atoms with Crippen LogP contribution in [0.4, 0.5) is 0 Å². The quantitative estimate of drug-likeness (QED) is 0.735. The lowest BCUT2D eigenvalue weighted by Crippen LogP contribution is -2.13. The molecule has 0 atom stereocenters. The fourth-order valence-corrected chi connectivity index (χ4v) is 1.64. The highest BCUT2D eigenvalue weighted by Crippen LogP contribution is 2.23. The zero-order valence-electron chi connectivity index (χ0n) is 10.6. The van der Waals surface area contributed by atoms with E-state index in [-0.39, 0.29) is 0 Å². The van der Waals surface area contributed by atoms with Crippen LogP contribution in [0.3, 0.4) is 0 Å². The SMILES string of the molecule is CCNCc1cccc(C)c1OCCCC#N. The van der Waals surface area contributed by atoms with Crippen molar-refractivity contribution in [3.63, 3.8) is 0 Å². The van der Waals surface area contributed by atoms with Crippen LogP contribution in [-0.4, -0.2) is 13.2 Å². The summed E-state index contributed by atoms with van der Waals surface area (Å²) in [4.78, 5) is 0. The fourth-order valence-electron chi connectivity index (χ4n) is 1.64. The van der Waals surface area contributed by atoms with Gasteiger partial charge in [-0.1, -0.05) is 25.1 Å². The van der Waals surface area contributed by atoms with Crippen LogP contribution in [0, 0.1) is 18.3 Å². The molecular formula is C14H20N2O. The number of ether oxygens (including phenoxy) is 1. The molecule has 0 spiro atoms. The lowest BCUT2D eigenvalue weighted by Gasteiger charge is -2.14. The second-order valence-corrected chi connectivity index (χ2v) is 3.95. The topological polar surface area (TPSA) is 45.0 Å². The zero-order valence-corrected chi connectivity index (χ0v) is 10.6. The van der Waals surface area contributed by atoms with Gasteiger partial charge in [-0.3, -0.25) is 0 Å². The summed E-state index contributed by atoms with van der Waals surface area (Å²) in [6, 6.07) is 8.30. The summed E-state index contributed by atoms with van der Waals surface area (Å²) >= 11 is 0. The number of hydrogen-bond acceptors (Lipinski definition) is 3. The van der Waals surface area contributed by atoms with Crippen molar-refractivity contribution in [2.45, 2.75) is 33.2 Å². The van der Waals surface area contributed by atoms with Crippen molar-refractivity contribution < 1.29 is 4.74 Å². The average molecular weight is 232 g/mol. The standard InChI is InChI=1S/C14H20N2O/c1-3-16-11-13-8-6-7-12(2)14(13)17-10-5-4-9-15/h6-8,16H,3-5,10-11H2,1-2H3. The molecule has 0 heterocycles. The number of hydrogen-bond donors (Lipinski definition) is 1. The number of para-hydroxylation sites is 1. The van der Waals surface area contributed by atoms with Crippen LogP contribution in [0.1, 0.15) is 30.9 Å². The monoisotopic (exact) mass is 232 g/mol. The molecule has 1 aromatic carbocycles. The lowest BCUT2D eigenvalue weighted by molar-refractivity contribution is 0.306. The molecule has 0 bridgehead atoms. The molecule has 3 heteroatoms. The van der Waals surface area contributed by atoms with Gasteiger partial charge in [0, 0.05) is 18.5 Å². The van der Waals surface area contributed by atoms with E-state index in [2.05, 4.69) is 37.4 Å². The molecule has 0 saturated heterocycles. The minimum Gasteiger partial charge on any atom is -0.493 e. The first-order chi connectivity index (χ1) is 8.29. The molecule has 0 aliphatic rings. The lowest BCUT2D eigenvalue weighted by atomic mass is 10.1. The number of unbranched alkanes of at least 4 members (excludes halogenated alkanes) is 1. The first kappa shape index (κ1) is 13.5. The molecule has 0 saturated carbocycles. The Balaban J connectivity index is 2.63. The second kappa shape index (κ2) is 7.70. The van der Waals surface area contributed by atoms with Gasteiger partial charge in [0.15, 0.2) is 0 Å². The third-order valence-electron chi connectivity index (χ3n) is 2.54. The molecule has 0 aromatic heterocycles. The van der Waals surface area contributed by atoms with E-state index in [1.807, 2.05) is 6.07 Å². The van der Waals surface area contributed by atoms with Crippen LogP contribution in [0.2, 0.25) is 0 Å². The zero-order chi connectivity index (χ0) is 12.5. The third kappa shape index (κ3) is 4.46. The number of nitrogens with zero attached hydrogens (tertiary/aromatic N) is 1. The Kier molecular flexibility index (Phi) is 6.13. The maximum atomic E-state index is 8.47. The molecule has 1 aromatic rings. The maximum absolute atomic E-state index is 8.47. The Bertz CT molecular complexity index is 382. The van der Waals surface area contributed by atoms with Crippen molar-refractivity contribution in [1.82, 2.24) is 5.32 Å². The van der Waals surface area contributed by atoms with Gasteiger partial charge >= 0.3 is 0 Å². The third-order valence-corrected chi connectivity index (χ3v) is 2.54. The van der Waals surface area contributed by atoms with Crippen molar-refractivity contribution in [3.8, 4) is 11.8 Å². The number of nitriles is 1. The number of aryl methyl sites for hydroxylation is 1. The summed E-state index contributed by atoms with van der Waals surface area (Å²) in [5.74, 6) is 0.964. The van der Waals surface area contributed by atoms with Crippen LogP contribution >= 0.6 is 0 Å². The summed E-state index contributed by atoms with van der Waals surface area (Å²) in [6.07, 6.45) is 1.33. The maximum Gasteiger partial charge on any atom is 0.126 e. The number of nitrogens with one attached hydrogen (secondary N) is 1. The van der Waals surface area contributed by atoms with E-state index in [9.17, 15) is 0 Å². The number of rotatable bonds is 7. The van der Waals surface area contributed by atoms with Gasteiger partial charge in [-0.05, 0) is 25.5 Å². The number of benzene rings is 1. The van der Waals surface area contributed by atoms with Gasteiger partial charge < -0.3 is 10.1 Å². The Morgan fingerprint density at radius 1 is 1.41 bits per heavy atom. The van der Waals surface area contributed by atoms with Crippen molar-refractivity contribution in [2.75, 3.05) is 13.2 Å². The van der Waals surface area contributed by atoms with Crippen LogP contribution in [-0.2, 0) is 6.54 Å². The highest BCUT2D eigenvalue weighted by molar-refractivity contribution is 5.40. The first-order valence-electron chi connectivity index (χ1n) is 6.08. The van der Waals surface area contributed by atoms with Crippen LogP contribution < -0.4 is 10.1 Å². The van der Waals surface area contributed by atoms with Gasteiger partial charge in [-0.25, -0.2) is 0 Å². The van der Waals surface area contributed by atoms with Crippen molar-refractivity contribution >= 4 is 0 Å². The Hall–Kier alpha value is -1.53. The molecular weight excluding hydrogens is 212 g/mol. The molecule has 1 N–H and O–H groups in total.